The number of aromatic nitrogens is 2. The molecule has 0 radical (unpaired) electrons. The molecule has 2 aromatic rings. The first-order chi connectivity index (χ1) is 10.2. The molecule has 1 aromatic heterocycles. The van der Waals surface area contributed by atoms with Crippen LogP contribution in [0.15, 0.2) is 30.5 Å². The van der Waals surface area contributed by atoms with Gasteiger partial charge in [0.1, 0.15) is 17.6 Å². The summed E-state index contributed by atoms with van der Waals surface area (Å²) in [6.07, 6.45) is 5.01. The second-order valence-corrected chi connectivity index (χ2v) is 5.33. The number of ether oxygens (including phenoxy) is 1. The summed E-state index contributed by atoms with van der Waals surface area (Å²) in [5.74, 6) is 0.940. The lowest BCUT2D eigenvalue weighted by molar-refractivity contribution is -0.141. The normalized spacial score (nSPS) is 17.3. The molecule has 0 spiro atoms. The Labute approximate surface area is 123 Å². The minimum atomic E-state index is -0.774. The lowest BCUT2D eigenvalue weighted by Gasteiger charge is -2.20. The van der Waals surface area contributed by atoms with Crippen LogP contribution in [-0.2, 0) is 17.6 Å². The number of carboxylic acids is 1. The molecule has 0 amide bonds. The van der Waals surface area contributed by atoms with Crippen molar-refractivity contribution < 1.29 is 14.6 Å². The molecule has 0 bridgehead atoms. The molecular weight excluding hydrogens is 268 g/mol. The summed E-state index contributed by atoms with van der Waals surface area (Å²) in [5.41, 5.74) is 2.06. The quantitative estimate of drug-likeness (QED) is 0.937. The number of imidazole rings is 1. The first kappa shape index (κ1) is 13.7. The molecule has 3 rings (SSSR count). The Kier molecular flexibility index (Phi) is 3.64. The van der Waals surface area contributed by atoms with Gasteiger partial charge in [-0.25, -0.2) is 9.78 Å². The van der Waals surface area contributed by atoms with E-state index in [2.05, 4.69) is 4.98 Å². The minimum absolute atomic E-state index is 0.467. The number of methoxy groups -OCH3 is 1. The fraction of sp³-hybridized carbons (Fsp3) is 0.375. The number of rotatable bonds is 4. The molecule has 110 valence electrons. The molecular formula is C16H18N2O3. The van der Waals surface area contributed by atoms with Gasteiger partial charge in [0, 0.05) is 19.0 Å². The van der Waals surface area contributed by atoms with Crippen molar-refractivity contribution >= 4 is 5.97 Å². The maximum atomic E-state index is 11.3. The number of aliphatic carboxylic acids is 1. The van der Waals surface area contributed by atoms with Crippen LogP contribution in [0.5, 0.6) is 5.75 Å². The smallest absolute Gasteiger partial charge is 0.326 e. The minimum Gasteiger partial charge on any atom is -0.497 e. The Hall–Kier alpha value is -2.30. The van der Waals surface area contributed by atoms with Crippen LogP contribution < -0.4 is 4.74 Å². The molecule has 1 aromatic carbocycles. The van der Waals surface area contributed by atoms with Crippen LogP contribution in [0, 0.1) is 0 Å². The van der Waals surface area contributed by atoms with Gasteiger partial charge in [-0.1, -0.05) is 12.1 Å². The summed E-state index contributed by atoms with van der Waals surface area (Å²) in [6.45, 7) is 0. The lowest BCUT2D eigenvalue weighted by atomic mass is 10.1. The molecule has 0 saturated carbocycles. The van der Waals surface area contributed by atoms with Crippen LogP contribution in [0.3, 0.4) is 0 Å². The fourth-order valence-electron chi connectivity index (χ4n) is 2.82. The summed E-state index contributed by atoms with van der Waals surface area (Å²) < 4.78 is 6.97. The Bertz CT molecular complexity index is 646. The van der Waals surface area contributed by atoms with E-state index in [-0.39, 0.29) is 0 Å². The number of carbonyl (C=O) groups is 1. The lowest BCUT2D eigenvalue weighted by Crippen LogP contribution is -2.24. The summed E-state index contributed by atoms with van der Waals surface area (Å²) >= 11 is 0. The van der Waals surface area contributed by atoms with Crippen LogP contribution in [0.4, 0.5) is 0 Å². The number of hydrogen-bond donors (Lipinski definition) is 1. The topological polar surface area (TPSA) is 64.4 Å². The van der Waals surface area contributed by atoms with Gasteiger partial charge >= 0.3 is 5.97 Å². The number of nitrogens with zero attached hydrogens (tertiary/aromatic N) is 2. The van der Waals surface area contributed by atoms with E-state index in [4.69, 9.17) is 4.74 Å². The molecule has 0 saturated heterocycles. The molecule has 1 N–H and O–H groups in total. The third-order valence-corrected chi connectivity index (χ3v) is 3.90. The van der Waals surface area contributed by atoms with Gasteiger partial charge in [0.15, 0.2) is 0 Å². The number of aryl methyl sites for hydroxylation is 1. The summed E-state index contributed by atoms with van der Waals surface area (Å²) in [4.78, 5) is 15.9. The molecule has 1 aliphatic rings. The molecule has 5 nitrogen and oxygen atoms in total. The number of benzene rings is 1. The molecule has 1 unspecified atom stereocenters. The van der Waals surface area contributed by atoms with Gasteiger partial charge in [-0.3, -0.25) is 0 Å². The Morgan fingerprint density at radius 3 is 2.86 bits per heavy atom. The van der Waals surface area contributed by atoms with E-state index in [0.29, 0.717) is 12.8 Å². The number of carboxylic acid groups (broad SMARTS) is 1. The maximum absolute atomic E-state index is 11.3. The van der Waals surface area contributed by atoms with Crippen molar-refractivity contribution in [1.82, 2.24) is 9.55 Å². The van der Waals surface area contributed by atoms with Gasteiger partial charge in [-0.05, 0) is 30.5 Å². The number of hydrogen-bond acceptors (Lipinski definition) is 3. The van der Waals surface area contributed by atoms with Gasteiger partial charge in [0.05, 0.1) is 12.8 Å². The SMILES string of the molecule is COc1ccc(Cc2cn3c(n2)CCCC3C(=O)O)cc1. The molecule has 21 heavy (non-hydrogen) atoms. The molecule has 0 fully saturated rings. The largest absolute Gasteiger partial charge is 0.497 e. The van der Waals surface area contributed by atoms with E-state index in [1.807, 2.05) is 35.0 Å². The predicted molar refractivity (Wildman–Crippen MR) is 77.6 cm³/mol. The monoisotopic (exact) mass is 286 g/mol. The van der Waals surface area contributed by atoms with Crippen molar-refractivity contribution in [2.75, 3.05) is 7.11 Å². The predicted octanol–water partition coefficient (Wildman–Crippen LogP) is 2.44. The van der Waals surface area contributed by atoms with Crippen LogP contribution >= 0.6 is 0 Å². The van der Waals surface area contributed by atoms with E-state index in [1.54, 1.807) is 7.11 Å². The molecule has 2 heterocycles. The molecule has 5 heteroatoms. The van der Waals surface area contributed by atoms with E-state index in [1.165, 1.54) is 0 Å². The standard InChI is InChI=1S/C16H18N2O3/c1-21-13-7-5-11(6-8-13)9-12-10-18-14(16(19)20)3-2-4-15(18)17-12/h5-8,10,14H,2-4,9H2,1H3,(H,19,20). The van der Waals surface area contributed by atoms with Crippen LogP contribution in [0.25, 0.3) is 0 Å². The third-order valence-electron chi connectivity index (χ3n) is 3.90. The average Bonchev–Trinajstić information content (AvgIpc) is 2.89. The zero-order valence-corrected chi connectivity index (χ0v) is 12.0. The summed E-state index contributed by atoms with van der Waals surface area (Å²) in [7, 11) is 1.64. The summed E-state index contributed by atoms with van der Waals surface area (Å²) in [6, 6.07) is 7.39. The molecule has 0 aliphatic carbocycles. The molecule has 1 atom stereocenters. The van der Waals surface area contributed by atoms with Crippen molar-refractivity contribution in [3.63, 3.8) is 0 Å². The zero-order chi connectivity index (χ0) is 14.8. The van der Waals surface area contributed by atoms with Crippen molar-refractivity contribution in [2.24, 2.45) is 0 Å². The average molecular weight is 286 g/mol. The van der Waals surface area contributed by atoms with Crippen molar-refractivity contribution in [3.05, 3.63) is 47.5 Å². The van der Waals surface area contributed by atoms with E-state index in [0.717, 1.165) is 35.7 Å². The van der Waals surface area contributed by atoms with Crippen LogP contribution in [-0.4, -0.2) is 27.7 Å². The Morgan fingerprint density at radius 2 is 2.19 bits per heavy atom. The fourth-order valence-corrected chi connectivity index (χ4v) is 2.82. The van der Waals surface area contributed by atoms with E-state index >= 15 is 0 Å². The van der Waals surface area contributed by atoms with E-state index < -0.39 is 12.0 Å². The highest BCUT2D eigenvalue weighted by Crippen LogP contribution is 2.26. The molecule has 1 aliphatic heterocycles. The van der Waals surface area contributed by atoms with Gasteiger partial charge in [-0.15, -0.1) is 0 Å². The van der Waals surface area contributed by atoms with Gasteiger partial charge in [0.2, 0.25) is 0 Å². The van der Waals surface area contributed by atoms with Crippen molar-refractivity contribution in [2.45, 2.75) is 31.7 Å². The highest BCUT2D eigenvalue weighted by atomic mass is 16.5. The van der Waals surface area contributed by atoms with Crippen LogP contribution in [0.2, 0.25) is 0 Å². The summed E-state index contributed by atoms with van der Waals surface area (Å²) in [5, 5.41) is 9.28. The first-order valence-electron chi connectivity index (χ1n) is 7.09. The highest BCUT2D eigenvalue weighted by Gasteiger charge is 2.26. The van der Waals surface area contributed by atoms with E-state index in [9.17, 15) is 9.90 Å². The second-order valence-electron chi connectivity index (χ2n) is 5.33. The highest BCUT2D eigenvalue weighted by molar-refractivity contribution is 5.72. The third kappa shape index (κ3) is 2.77. The Morgan fingerprint density at radius 1 is 1.43 bits per heavy atom. The maximum Gasteiger partial charge on any atom is 0.326 e. The van der Waals surface area contributed by atoms with Gasteiger partial charge < -0.3 is 14.4 Å². The zero-order valence-electron chi connectivity index (χ0n) is 12.0. The van der Waals surface area contributed by atoms with Crippen LogP contribution in [0.1, 0.15) is 36.0 Å². The van der Waals surface area contributed by atoms with Gasteiger partial charge in [-0.2, -0.15) is 0 Å². The first-order valence-corrected chi connectivity index (χ1v) is 7.09. The number of fused-ring (bicyclic) bond motifs is 1. The van der Waals surface area contributed by atoms with Crippen molar-refractivity contribution in [3.8, 4) is 5.75 Å². The van der Waals surface area contributed by atoms with Gasteiger partial charge in [0.25, 0.3) is 0 Å². The van der Waals surface area contributed by atoms with Crippen molar-refractivity contribution in [1.29, 1.82) is 0 Å². The Balaban J connectivity index is 1.82. The second kappa shape index (κ2) is 5.60.